The molecule has 178 valence electrons. The number of pyridine rings is 1. The van der Waals surface area contributed by atoms with Crippen LogP contribution in [-0.4, -0.2) is 41.1 Å². The maximum Gasteiger partial charge on any atom is 0.408 e. The first kappa shape index (κ1) is 23.5. The molecule has 34 heavy (non-hydrogen) atoms. The van der Waals surface area contributed by atoms with Crippen LogP contribution in [0, 0.1) is 6.92 Å². The van der Waals surface area contributed by atoms with E-state index in [1.807, 2.05) is 61.5 Å². The number of amides is 2. The highest BCUT2D eigenvalue weighted by Crippen LogP contribution is 2.34. The van der Waals surface area contributed by atoms with E-state index in [9.17, 15) is 9.59 Å². The van der Waals surface area contributed by atoms with Gasteiger partial charge in [0.2, 0.25) is 0 Å². The fourth-order valence-electron chi connectivity index (χ4n) is 4.31. The summed E-state index contributed by atoms with van der Waals surface area (Å²) in [6.45, 7) is 8.29. The lowest BCUT2D eigenvalue weighted by Crippen LogP contribution is -2.52. The number of likely N-dealkylation sites (N-methyl/N-ethyl adjacent to an activating group) is 1. The molecule has 7 heteroatoms. The number of hydrogen-bond donors (Lipinski definition) is 1. The average Bonchev–Trinajstić information content (AvgIpc) is 3.05. The first-order chi connectivity index (χ1) is 16.1. The summed E-state index contributed by atoms with van der Waals surface area (Å²) in [5, 5.41) is 3.91. The molecule has 1 N–H and O–H groups in total. The number of likely N-dealkylation sites (tertiary alicyclic amines) is 1. The van der Waals surface area contributed by atoms with Gasteiger partial charge in [0.05, 0.1) is 5.52 Å². The van der Waals surface area contributed by atoms with Crippen molar-refractivity contribution >= 4 is 22.9 Å². The molecule has 1 aliphatic rings. The Labute approximate surface area is 200 Å². The number of nitrogens with one attached hydrogen (secondary N) is 1. The fraction of sp³-hybridized carbons (Fsp3) is 0.370. The smallest absolute Gasteiger partial charge is 0.408 e. The van der Waals surface area contributed by atoms with Crippen LogP contribution in [0.4, 0.5) is 4.79 Å². The maximum absolute atomic E-state index is 13.1. The number of carbonyl (C=O) groups excluding carboxylic acids is 2. The number of rotatable bonds is 5. The maximum atomic E-state index is 13.1. The van der Waals surface area contributed by atoms with Crippen LogP contribution in [-0.2, 0) is 21.7 Å². The number of alkyl carbamates (subject to hydrolysis) is 1. The monoisotopic (exact) mass is 461 g/mol. The number of ether oxygens (including phenoxy) is 2. The molecule has 3 aromatic rings. The van der Waals surface area contributed by atoms with E-state index in [0.29, 0.717) is 30.9 Å². The van der Waals surface area contributed by atoms with Crippen LogP contribution in [0.15, 0.2) is 54.6 Å². The van der Waals surface area contributed by atoms with Crippen molar-refractivity contribution in [3.05, 3.63) is 71.4 Å². The van der Waals surface area contributed by atoms with Gasteiger partial charge >= 0.3 is 6.09 Å². The van der Waals surface area contributed by atoms with Gasteiger partial charge in [-0.15, -0.1) is 0 Å². The van der Waals surface area contributed by atoms with Crippen LogP contribution in [0.3, 0.4) is 0 Å². The number of benzene rings is 2. The minimum Gasteiger partial charge on any atom is -0.489 e. The van der Waals surface area contributed by atoms with E-state index in [1.54, 1.807) is 32.7 Å². The largest absolute Gasteiger partial charge is 0.489 e. The molecule has 1 aliphatic heterocycles. The number of aromatic nitrogens is 1. The lowest BCUT2D eigenvalue weighted by Gasteiger charge is -2.30. The van der Waals surface area contributed by atoms with Gasteiger partial charge in [-0.3, -0.25) is 9.78 Å². The molecule has 1 unspecified atom stereocenters. The van der Waals surface area contributed by atoms with Gasteiger partial charge in [-0.1, -0.05) is 30.3 Å². The zero-order valence-corrected chi connectivity index (χ0v) is 20.3. The Bertz CT molecular complexity index is 1220. The molecule has 0 saturated carbocycles. The lowest BCUT2D eigenvalue weighted by atomic mass is 9.88. The van der Waals surface area contributed by atoms with Crippen LogP contribution in [0.5, 0.6) is 5.75 Å². The molecule has 2 amide bonds. The van der Waals surface area contributed by atoms with Crippen LogP contribution in [0.25, 0.3) is 10.9 Å². The zero-order chi connectivity index (χ0) is 24.5. The number of nitrogens with zero attached hydrogens (tertiary/aromatic N) is 2. The van der Waals surface area contributed by atoms with Gasteiger partial charge in [-0.2, -0.15) is 0 Å². The summed E-state index contributed by atoms with van der Waals surface area (Å²) in [5.74, 6) is 0.513. The highest BCUT2D eigenvalue weighted by molar-refractivity contribution is 5.93. The van der Waals surface area contributed by atoms with Gasteiger partial charge in [0, 0.05) is 36.7 Å². The second kappa shape index (κ2) is 8.97. The molecule has 1 fully saturated rings. The van der Waals surface area contributed by atoms with Gasteiger partial charge < -0.3 is 19.7 Å². The standard InChI is InChI=1S/C27H31N3O4/c1-18-16-19(22-8-6-7-9-23(22)28-18)17-33-21-12-10-20(11-13-21)27(14-15-30(5)24(27)31)29-25(32)34-26(2,3)4/h6-13,16H,14-15,17H2,1-5H3,(H,29,32). The summed E-state index contributed by atoms with van der Waals surface area (Å²) in [7, 11) is 1.74. The van der Waals surface area contributed by atoms with Gasteiger partial charge in [-0.25, -0.2) is 4.79 Å². The summed E-state index contributed by atoms with van der Waals surface area (Å²) in [4.78, 5) is 31.9. The molecule has 0 radical (unpaired) electrons. The van der Waals surface area contributed by atoms with Crippen LogP contribution >= 0.6 is 0 Å². The number of fused-ring (bicyclic) bond motifs is 1. The summed E-state index contributed by atoms with van der Waals surface area (Å²) in [6, 6.07) is 17.4. The van der Waals surface area contributed by atoms with Crippen molar-refractivity contribution in [1.82, 2.24) is 15.2 Å². The van der Waals surface area contributed by atoms with Crippen molar-refractivity contribution in [2.75, 3.05) is 13.6 Å². The summed E-state index contributed by atoms with van der Waals surface area (Å²) >= 11 is 0. The van der Waals surface area contributed by atoms with Crippen molar-refractivity contribution in [3.8, 4) is 5.75 Å². The highest BCUT2D eigenvalue weighted by atomic mass is 16.6. The zero-order valence-electron chi connectivity index (χ0n) is 20.3. The normalized spacial score (nSPS) is 18.3. The Balaban J connectivity index is 1.54. The van der Waals surface area contributed by atoms with Crippen LogP contribution in [0.1, 0.15) is 44.0 Å². The van der Waals surface area contributed by atoms with Gasteiger partial charge in [-0.05, 0) is 57.5 Å². The molecule has 0 aliphatic carbocycles. The SMILES string of the molecule is Cc1cc(COc2ccc(C3(NC(=O)OC(C)(C)C)CCN(C)C3=O)cc2)c2ccccc2n1. The van der Waals surface area contributed by atoms with E-state index in [0.717, 1.165) is 22.2 Å². The van der Waals surface area contributed by atoms with Gasteiger partial charge in [0.15, 0.2) is 0 Å². The highest BCUT2D eigenvalue weighted by Gasteiger charge is 2.48. The van der Waals surface area contributed by atoms with Gasteiger partial charge in [0.25, 0.3) is 5.91 Å². The van der Waals surface area contributed by atoms with E-state index in [-0.39, 0.29) is 5.91 Å². The molecule has 4 rings (SSSR count). The number of carbonyl (C=O) groups is 2. The summed E-state index contributed by atoms with van der Waals surface area (Å²) < 4.78 is 11.5. The quantitative estimate of drug-likeness (QED) is 0.596. The Hall–Kier alpha value is -3.61. The van der Waals surface area contributed by atoms with E-state index < -0.39 is 17.2 Å². The molecular formula is C27H31N3O4. The van der Waals surface area contributed by atoms with E-state index in [4.69, 9.17) is 9.47 Å². The lowest BCUT2D eigenvalue weighted by molar-refractivity contribution is -0.132. The topological polar surface area (TPSA) is 80.8 Å². The molecule has 1 atom stereocenters. The molecule has 0 spiro atoms. The second-order valence-corrected chi connectivity index (χ2v) is 9.76. The Morgan fingerprint density at radius 3 is 2.50 bits per heavy atom. The molecule has 1 aromatic heterocycles. The Kier molecular flexibility index (Phi) is 6.21. The van der Waals surface area contributed by atoms with Crippen molar-refractivity contribution in [1.29, 1.82) is 0 Å². The second-order valence-electron chi connectivity index (χ2n) is 9.76. The molecule has 7 nitrogen and oxygen atoms in total. The molecule has 1 saturated heterocycles. The molecule has 0 bridgehead atoms. The van der Waals surface area contributed by atoms with E-state index in [1.165, 1.54) is 0 Å². The molecule has 2 aromatic carbocycles. The van der Waals surface area contributed by atoms with Crippen molar-refractivity contribution in [2.24, 2.45) is 0 Å². The molecule has 2 heterocycles. The third-order valence-electron chi connectivity index (χ3n) is 5.92. The van der Waals surface area contributed by atoms with Crippen LogP contribution in [0.2, 0.25) is 0 Å². The number of para-hydroxylation sites is 1. The summed E-state index contributed by atoms with van der Waals surface area (Å²) in [6.07, 6.45) is -0.152. The molecular weight excluding hydrogens is 430 g/mol. The minimum atomic E-state index is -1.16. The van der Waals surface area contributed by atoms with Crippen molar-refractivity contribution < 1.29 is 19.1 Å². The van der Waals surface area contributed by atoms with E-state index in [2.05, 4.69) is 10.3 Å². The third-order valence-corrected chi connectivity index (χ3v) is 5.92. The predicted molar refractivity (Wildman–Crippen MR) is 131 cm³/mol. The van der Waals surface area contributed by atoms with Crippen LogP contribution < -0.4 is 10.1 Å². The van der Waals surface area contributed by atoms with Gasteiger partial charge in [0.1, 0.15) is 23.5 Å². The number of hydrogen-bond acceptors (Lipinski definition) is 5. The number of aryl methyl sites for hydroxylation is 1. The third kappa shape index (κ3) is 4.83. The first-order valence-electron chi connectivity index (χ1n) is 11.4. The first-order valence-corrected chi connectivity index (χ1v) is 11.4. The predicted octanol–water partition coefficient (Wildman–Crippen LogP) is 4.70. The summed E-state index contributed by atoms with van der Waals surface area (Å²) in [5.41, 5.74) is 1.82. The van der Waals surface area contributed by atoms with Crippen molar-refractivity contribution in [2.45, 2.75) is 51.9 Å². The fourth-order valence-corrected chi connectivity index (χ4v) is 4.31. The average molecular weight is 462 g/mol. The minimum absolute atomic E-state index is 0.161. The Morgan fingerprint density at radius 1 is 1.15 bits per heavy atom. The van der Waals surface area contributed by atoms with Crippen molar-refractivity contribution in [3.63, 3.8) is 0 Å². The Morgan fingerprint density at radius 2 is 1.85 bits per heavy atom. The van der Waals surface area contributed by atoms with E-state index >= 15 is 0 Å².